The van der Waals surface area contributed by atoms with E-state index in [-0.39, 0.29) is 24.9 Å². The average molecular weight is 615 g/mol. The Kier molecular flexibility index (Phi) is 10.7. The van der Waals surface area contributed by atoms with Gasteiger partial charge in [-0.2, -0.15) is 0 Å². The Labute approximate surface area is 240 Å². The van der Waals surface area contributed by atoms with Crippen molar-refractivity contribution in [3.8, 4) is 0 Å². The SMILES string of the molecule is CC[C@@H](C)NC(=O)[C@@H](Cc1ccccc1)N(Cc1ccc(Br)cc1)C(=O)CN(c1cccc(C)c1)S(C)(=O)=O. The smallest absolute Gasteiger partial charge is 0.244 e. The van der Waals surface area contributed by atoms with Gasteiger partial charge in [0.05, 0.1) is 11.9 Å². The van der Waals surface area contributed by atoms with Crippen molar-refractivity contribution in [3.05, 3.63) is 100 Å². The van der Waals surface area contributed by atoms with Crippen LogP contribution in [0.1, 0.15) is 37.0 Å². The van der Waals surface area contributed by atoms with E-state index in [4.69, 9.17) is 0 Å². The first-order valence-corrected chi connectivity index (χ1v) is 15.5. The Morgan fingerprint density at radius 2 is 1.62 bits per heavy atom. The molecule has 1 N–H and O–H groups in total. The molecule has 0 saturated carbocycles. The standard InChI is InChI=1S/C30H36BrN3O4S/c1-5-23(3)32-30(36)28(19-24-11-7-6-8-12-24)33(20-25-14-16-26(31)17-15-25)29(35)21-34(39(4,37)38)27-13-9-10-22(2)18-27/h6-18,23,28H,5,19-21H2,1-4H3,(H,32,36)/t23-,28-/m1/s1. The molecule has 0 aliphatic carbocycles. The monoisotopic (exact) mass is 613 g/mol. The lowest BCUT2D eigenvalue weighted by molar-refractivity contribution is -0.140. The van der Waals surface area contributed by atoms with Crippen LogP contribution in [0.4, 0.5) is 5.69 Å². The molecule has 0 aliphatic heterocycles. The van der Waals surface area contributed by atoms with Crippen LogP contribution in [0.3, 0.4) is 0 Å². The van der Waals surface area contributed by atoms with Crippen LogP contribution < -0.4 is 9.62 Å². The Morgan fingerprint density at radius 1 is 0.949 bits per heavy atom. The molecular weight excluding hydrogens is 578 g/mol. The normalized spacial score (nSPS) is 12.8. The summed E-state index contributed by atoms with van der Waals surface area (Å²) in [5.41, 5.74) is 2.99. The highest BCUT2D eigenvalue weighted by molar-refractivity contribution is 9.10. The Hall–Kier alpha value is -3.17. The topological polar surface area (TPSA) is 86.8 Å². The summed E-state index contributed by atoms with van der Waals surface area (Å²) in [5.74, 6) is -0.745. The molecule has 0 aromatic heterocycles. The van der Waals surface area contributed by atoms with E-state index in [1.165, 1.54) is 4.90 Å². The van der Waals surface area contributed by atoms with Crippen molar-refractivity contribution in [1.29, 1.82) is 0 Å². The summed E-state index contributed by atoms with van der Waals surface area (Å²) in [6.07, 6.45) is 2.10. The first-order valence-electron chi connectivity index (χ1n) is 12.9. The number of hydrogen-bond acceptors (Lipinski definition) is 4. The number of amides is 2. The number of anilines is 1. The molecule has 2 amide bonds. The molecule has 0 bridgehead atoms. The highest BCUT2D eigenvalue weighted by Crippen LogP contribution is 2.22. The second kappa shape index (κ2) is 13.8. The van der Waals surface area contributed by atoms with E-state index in [1.807, 2.05) is 81.4 Å². The van der Waals surface area contributed by atoms with E-state index in [0.29, 0.717) is 5.69 Å². The number of sulfonamides is 1. The minimum Gasteiger partial charge on any atom is -0.352 e. The maximum atomic E-state index is 14.1. The zero-order valence-electron chi connectivity index (χ0n) is 22.8. The second-order valence-electron chi connectivity index (χ2n) is 9.78. The summed E-state index contributed by atoms with van der Waals surface area (Å²) < 4.78 is 27.7. The second-order valence-corrected chi connectivity index (χ2v) is 12.6. The van der Waals surface area contributed by atoms with E-state index in [9.17, 15) is 18.0 Å². The predicted octanol–water partition coefficient (Wildman–Crippen LogP) is 5.08. The number of aryl methyl sites for hydroxylation is 1. The van der Waals surface area contributed by atoms with Gasteiger partial charge in [0.1, 0.15) is 12.6 Å². The molecule has 0 unspecified atom stereocenters. The van der Waals surface area contributed by atoms with Crippen LogP contribution in [0.5, 0.6) is 0 Å². The van der Waals surface area contributed by atoms with Gasteiger partial charge in [-0.15, -0.1) is 0 Å². The Balaban J connectivity index is 2.05. The molecule has 2 atom stereocenters. The molecule has 0 spiro atoms. The highest BCUT2D eigenvalue weighted by Gasteiger charge is 2.33. The third kappa shape index (κ3) is 8.93. The van der Waals surface area contributed by atoms with E-state index < -0.39 is 28.5 Å². The summed E-state index contributed by atoms with van der Waals surface area (Å²) in [4.78, 5) is 29.2. The van der Waals surface area contributed by atoms with Crippen LogP contribution in [0.2, 0.25) is 0 Å². The number of benzene rings is 3. The molecule has 0 radical (unpaired) electrons. The molecule has 0 aliphatic rings. The lowest BCUT2D eigenvalue weighted by Gasteiger charge is -2.34. The van der Waals surface area contributed by atoms with Gasteiger partial charge in [-0.3, -0.25) is 13.9 Å². The number of nitrogens with one attached hydrogen (secondary N) is 1. The van der Waals surface area contributed by atoms with Gasteiger partial charge in [0, 0.05) is 23.5 Å². The molecule has 7 nitrogen and oxygen atoms in total. The summed E-state index contributed by atoms with van der Waals surface area (Å²) in [5, 5.41) is 3.03. The van der Waals surface area contributed by atoms with Crippen LogP contribution >= 0.6 is 15.9 Å². The number of carbonyl (C=O) groups is 2. The quantitative estimate of drug-likeness (QED) is 0.309. The number of hydrogen-bond donors (Lipinski definition) is 1. The molecule has 0 saturated heterocycles. The first-order chi connectivity index (χ1) is 18.5. The van der Waals surface area contributed by atoms with Crippen LogP contribution in [0.15, 0.2) is 83.3 Å². The fourth-order valence-corrected chi connectivity index (χ4v) is 5.28. The van der Waals surface area contributed by atoms with Gasteiger partial charge in [-0.25, -0.2) is 8.42 Å². The summed E-state index contributed by atoms with van der Waals surface area (Å²) in [7, 11) is -3.79. The lowest BCUT2D eigenvalue weighted by Crippen LogP contribution is -2.54. The van der Waals surface area contributed by atoms with E-state index in [1.54, 1.807) is 18.2 Å². The average Bonchev–Trinajstić information content (AvgIpc) is 2.90. The molecule has 3 rings (SSSR count). The molecule has 3 aromatic rings. The largest absolute Gasteiger partial charge is 0.352 e. The van der Waals surface area contributed by atoms with Crippen LogP contribution in [0, 0.1) is 6.92 Å². The third-order valence-corrected chi connectivity index (χ3v) is 8.18. The predicted molar refractivity (Wildman–Crippen MR) is 160 cm³/mol. The van der Waals surface area contributed by atoms with Gasteiger partial charge >= 0.3 is 0 Å². The molecule has 39 heavy (non-hydrogen) atoms. The number of nitrogens with zero attached hydrogens (tertiary/aromatic N) is 2. The van der Waals surface area contributed by atoms with E-state index in [0.717, 1.165) is 38.1 Å². The molecule has 3 aromatic carbocycles. The molecule has 208 valence electrons. The first kappa shape index (κ1) is 30.4. The minimum absolute atomic E-state index is 0.0831. The zero-order chi connectivity index (χ0) is 28.6. The van der Waals surface area contributed by atoms with Gasteiger partial charge in [0.25, 0.3) is 0 Å². The molecular formula is C30H36BrN3O4S. The van der Waals surface area contributed by atoms with Crippen molar-refractivity contribution < 1.29 is 18.0 Å². The fraction of sp³-hybridized carbons (Fsp3) is 0.333. The number of rotatable bonds is 12. The van der Waals surface area contributed by atoms with Crippen LogP contribution in [-0.2, 0) is 32.6 Å². The maximum Gasteiger partial charge on any atom is 0.244 e. The van der Waals surface area contributed by atoms with Crippen molar-refractivity contribution in [3.63, 3.8) is 0 Å². The number of halogens is 1. The van der Waals surface area contributed by atoms with Crippen molar-refractivity contribution >= 4 is 43.5 Å². The lowest BCUT2D eigenvalue weighted by atomic mass is 10.0. The van der Waals surface area contributed by atoms with Crippen molar-refractivity contribution in [1.82, 2.24) is 10.2 Å². The third-order valence-electron chi connectivity index (χ3n) is 6.51. The summed E-state index contributed by atoms with van der Waals surface area (Å²) >= 11 is 3.44. The maximum absolute atomic E-state index is 14.1. The highest BCUT2D eigenvalue weighted by atomic mass is 79.9. The van der Waals surface area contributed by atoms with Gasteiger partial charge in [0.2, 0.25) is 21.8 Å². The zero-order valence-corrected chi connectivity index (χ0v) is 25.2. The van der Waals surface area contributed by atoms with Crippen molar-refractivity contribution in [2.24, 2.45) is 0 Å². The van der Waals surface area contributed by atoms with E-state index in [2.05, 4.69) is 21.2 Å². The number of carbonyl (C=O) groups excluding carboxylic acids is 2. The van der Waals surface area contributed by atoms with Crippen LogP contribution in [-0.4, -0.2) is 50.0 Å². The molecule has 0 fully saturated rings. The van der Waals surface area contributed by atoms with Crippen molar-refractivity contribution in [2.45, 2.75) is 52.2 Å². The van der Waals surface area contributed by atoms with Gasteiger partial charge in [-0.05, 0) is 61.2 Å². The Morgan fingerprint density at radius 3 is 2.21 bits per heavy atom. The van der Waals surface area contributed by atoms with Gasteiger partial charge < -0.3 is 10.2 Å². The minimum atomic E-state index is -3.79. The fourth-order valence-electron chi connectivity index (χ4n) is 4.18. The molecule has 9 heteroatoms. The van der Waals surface area contributed by atoms with Crippen LogP contribution in [0.25, 0.3) is 0 Å². The molecule has 0 heterocycles. The van der Waals surface area contributed by atoms with Gasteiger partial charge in [0.15, 0.2) is 0 Å². The van der Waals surface area contributed by atoms with Crippen molar-refractivity contribution in [2.75, 3.05) is 17.1 Å². The van der Waals surface area contributed by atoms with Gasteiger partial charge in [-0.1, -0.05) is 77.5 Å². The summed E-state index contributed by atoms with van der Waals surface area (Å²) in [6.45, 7) is 5.47. The summed E-state index contributed by atoms with van der Waals surface area (Å²) in [6, 6.07) is 23.1. The Bertz CT molecular complexity index is 1360. The van der Waals surface area contributed by atoms with E-state index >= 15 is 0 Å².